The van der Waals surface area contributed by atoms with E-state index >= 15 is 0 Å². The molecule has 9 heteroatoms. The summed E-state index contributed by atoms with van der Waals surface area (Å²) in [5.74, 6) is -2.26. The van der Waals surface area contributed by atoms with Gasteiger partial charge in [-0.3, -0.25) is 9.69 Å². The number of unbranched alkanes of at least 4 members (excludes halogenated alkanes) is 1. The van der Waals surface area contributed by atoms with E-state index in [9.17, 15) is 18.8 Å². The minimum Gasteiger partial charge on any atom is -0.468 e. The van der Waals surface area contributed by atoms with Crippen LogP contribution in [0.2, 0.25) is 0 Å². The van der Waals surface area contributed by atoms with Crippen molar-refractivity contribution in [2.45, 2.75) is 76.0 Å². The summed E-state index contributed by atoms with van der Waals surface area (Å²) in [6, 6.07) is 5.06. The van der Waals surface area contributed by atoms with Crippen molar-refractivity contribution < 1.29 is 33.0 Å². The van der Waals surface area contributed by atoms with Gasteiger partial charge in [0.1, 0.15) is 11.9 Å². The number of hydrogen-bond acceptors (Lipinski definition) is 8. The monoisotopic (exact) mass is 653 g/mol. The maximum absolute atomic E-state index is 14.5. The molecule has 2 atom stereocenters. The molecular weight excluding hydrogens is 605 g/mol. The van der Waals surface area contributed by atoms with Crippen molar-refractivity contribution in [3.05, 3.63) is 108 Å². The van der Waals surface area contributed by atoms with Crippen LogP contribution in [-0.2, 0) is 28.6 Å². The van der Waals surface area contributed by atoms with Gasteiger partial charge in [0.15, 0.2) is 0 Å². The molecule has 0 aromatic heterocycles. The lowest BCUT2D eigenvalue weighted by Crippen LogP contribution is -2.42. The number of thiol groups is 1. The molecule has 7 nitrogen and oxygen atoms in total. The second-order valence-corrected chi connectivity index (χ2v) is 11.3. The molecule has 1 unspecified atom stereocenters. The first kappa shape index (κ1) is 38.5. The number of esters is 3. The highest BCUT2D eigenvalue weighted by atomic mass is 32.1. The Hall–Kier alpha value is -3.69. The fraction of sp³-hybridized carbons (Fsp3) is 0.432. The Labute approximate surface area is 279 Å². The lowest BCUT2D eigenvalue weighted by molar-refractivity contribution is -0.164. The molecule has 0 amide bonds. The normalized spacial score (nSPS) is 17.6. The number of piperidine rings is 1. The van der Waals surface area contributed by atoms with Crippen molar-refractivity contribution in [1.29, 1.82) is 0 Å². The minimum atomic E-state index is -0.970. The molecule has 46 heavy (non-hydrogen) atoms. The highest BCUT2D eigenvalue weighted by Crippen LogP contribution is 2.31. The van der Waals surface area contributed by atoms with Crippen LogP contribution in [0, 0.1) is 5.82 Å². The highest BCUT2D eigenvalue weighted by molar-refractivity contribution is 7.81. The number of halogens is 1. The summed E-state index contributed by atoms with van der Waals surface area (Å²) in [6.45, 7) is 2.27. The Morgan fingerprint density at radius 1 is 0.935 bits per heavy atom. The molecule has 1 aliphatic heterocycles. The van der Waals surface area contributed by atoms with Gasteiger partial charge in [-0.1, -0.05) is 85.9 Å². The van der Waals surface area contributed by atoms with Gasteiger partial charge in [-0.25, -0.2) is 14.0 Å². The van der Waals surface area contributed by atoms with E-state index in [2.05, 4.69) is 74.2 Å². The van der Waals surface area contributed by atoms with E-state index in [-0.39, 0.29) is 23.8 Å². The van der Waals surface area contributed by atoms with Crippen molar-refractivity contribution in [2.75, 3.05) is 27.0 Å². The molecule has 0 radical (unpaired) electrons. The summed E-state index contributed by atoms with van der Waals surface area (Å²) >= 11 is 4.56. The molecule has 2 rings (SSSR count). The number of nitrogens with zero attached hydrogens (tertiary/aromatic N) is 1. The maximum atomic E-state index is 14.5. The number of allylic oxidation sites excluding steroid dienone is 10. The quantitative estimate of drug-likeness (QED) is 0.0406. The summed E-state index contributed by atoms with van der Waals surface area (Å²) in [5.41, 5.74) is 0.801. The van der Waals surface area contributed by atoms with E-state index < -0.39 is 36.6 Å². The number of hydrogen-bond donors (Lipinski definition) is 1. The van der Waals surface area contributed by atoms with Crippen LogP contribution in [0.25, 0.3) is 0 Å². The summed E-state index contributed by atoms with van der Waals surface area (Å²) in [5, 5.41) is -0.249. The topological polar surface area (TPSA) is 82.1 Å². The number of likely N-dealkylation sites (tertiary alicyclic amines) is 1. The van der Waals surface area contributed by atoms with E-state index in [0.717, 1.165) is 38.5 Å². The van der Waals surface area contributed by atoms with Gasteiger partial charge in [0.05, 0.1) is 7.11 Å². The Kier molecular flexibility index (Phi) is 19.8. The second-order valence-electron chi connectivity index (χ2n) is 10.6. The van der Waals surface area contributed by atoms with Crippen LogP contribution >= 0.6 is 12.6 Å². The third-order valence-corrected chi connectivity index (χ3v) is 7.72. The minimum absolute atomic E-state index is 0.187. The van der Waals surface area contributed by atoms with E-state index in [1.165, 1.54) is 19.3 Å². The largest absolute Gasteiger partial charge is 0.468 e. The zero-order valence-electron chi connectivity index (χ0n) is 27.0. The third kappa shape index (κ3) is 15.5. The first-order valence-corrected chi connectivity index (χ1v) is 16.4. The van der Waals surface area contributed by atoms with Crippen LogP contribution in [0.3, 0.4) is 0 Å². The molecule has 1 heterocycles. The van der Waals surface area contributed by atoms with Gasteiger partial charge in [0, 0.05) is 36.4 Å². The van der Waals surface area contributed by atoms with E-state index in [4.69, 9.17) is 14.2 Å². The van der Waals surface area contributed by atoms with Gasteiger partial charge in [-0.05, 0) is 63.0 Å². The summed E-state index contributed by atoms with van der Waals surface area (Å²) < 4.78 is 29.6. The van der Waals surface area contributed by atoms with Gasteiger partial charge >= 0.3 is 17.9 Å². The van der Waals surface area contributed by atoms with Crippen LogP contribution in [0.4, 0.5) is 4.39 Å². The number of rotatable bonds is 19. The van der Waals surface area contributed by atoms with Crippen LogP contribution in [0.5, 0.6) is 0 Å². The first-order valence-electron chi connectivity index (χ1n) is 15.9. The van der Waals surface area contributed by atoms with E-state index in [1.807, 2.05) is 6.08 Å². The predicted octanol–water partition coefficient (Wildman–Crippen LogP) is 7.94. The first-order chi connectivity index (χ1) is 22.4. The standard InChI is InChI=1S/C37H48FNO6S/c1-3-4-5-6-7-8-9-10-11-12-13-14-15-16-17-18-19-24-34(40)44-29-45-35(41)27-30-28-39(26-25-33(30)46)36(37(42)43-2)31-22-20-21-23-32(31)38/h4-5,7-8,10-11,13-14,16-17,20-23,27,33,36,46H,3,6,9,12,15,18-19,24-26,28-29H2,1-2H3/b5-4-,8-7-,11-10-,14-13-,17-16-,30-27-/t33?,36-/m0/s1. The molecule has 1 aromatic rings. The summed E-state index contributed by atoms with van der Waals surface area (Å²) in [7, 11) is 1.25. The molecule has 250 valence electrons. The van der Waals surface area contributed by atoms with Gasteiger partial charge in [-0.15, -0.1) is 0 Å². The number of carbonyl (C=O) groups is 3. The molecular formula is C37H48FNO6S. The van der Waals surface area contributed by atoms with Crippen molar-refractivity contribution >= 4 is 30.5 Å². The van der Waals surface area contributed by atoms with E-state index in [0.29, 0.717) is 25.0 Å². The molecule has 1 aromatic carbocycles. The Morgan fingerprint density at radius 3 is 2.15 bits per heavy atom. The van der Waals surface area contributed by atoms with Gasteiger partial charge in [0.25, 0.3) is 0 Å². The van der Waals surface area contributed by atoms with Crippen molar-refractivity contribution in [3.8, 4) is 0 Å². The van der Waals surface area contributed by atoms with Gasteiger partial charge < -0.3 is 14.2 Å². The zero-order chi connectivity index (χ0) is 33.4. The van der Waals surface area contributed by atoms with Crippen molar-refractivity contribution in [3.63, 3.8) is 0 Å². The average molecular weight is 654 g/mol. The smallest absolute Gasteiger partial charge is 0.333 e. The highest BCUT2D eigenvalue weighted by Gasteiger charge is 2.34. The molecule has 0 saturated carbocycles. The predicted molar refractivity (Wildman–Crippen MR) is 184 cm³/mol. The fourth-order valence-electron chi connectivity index (χ4n) is 4.69. The molecule has 1 saturated heterocycles. The summed E-state index contributed by atoms with van der Waals surface area (Å²) in [6.07, 6.45) is 29.5. The molecule has 0 aliphatic carbocycles. The van der Waals surface area contributed by atoms with Crippen LogP contribution in [-0.4, -0.2) is 55.1 Å². The van der Waals surface area contributed by atoms with Gasteiger partial charge in [0.2, 0.25) is 6.79 Å². The second kappa shape index (κ2) is 23.6. The van der Waals surface area contributed by atoms with Crippen LogP contribution in [0.1, 0.15) is 76.3 Å². The molecule has 1 fully saturated rings. The molecule has 0 spiro atoms. The lowest BCUT2D eigenvalue weighted by Gasteiger charge is -2.36. The molecule has 0 N–H and O–H groups in total. The fourth-order valence-corrected chi connectivity index (χ4v) is 4.96. The van der Waals surface area contributed by atoms with E-state index in [1.54, 1.807) is 23.1 Å². The average Bonchev–Trinajstić information content (AvgIpc) is 3.04. The number of ether oxygens (including phenoxy) is 3. The SMILES string of the molecule is CC/C=C\C/C=C\C/C=C\C/C=C\C/C=C\CCCC(=O)OCOC(=O)/C=C1/CN([C@H](C(=O)OC)c2ccccc2F)CCC1S. The maximum Gasteiger partial charge on any atom is 0.333 e. The molecule has 1 aliphatic rings. The Bertz CT molecular complexity index is 1270. The number of methoxy groups -OCH3 is 1. The Balaban J connectivity index is 1.65. The summed E-state index contributed by atoms with van der Waals surface area (Å²) in [4.78, 5) is 38.8. The van der Waals surface area contributed by atoms with Crippen molar-refractivity contribution in [1.82, 2.24) is 4.90 Å². The van der Waals surface area contributed by atoms with Gasteiger partial charge in [-0.2, -0.15) is 12.6 Å². The Morgan fingerprint density at radius 2 is 1.54 bits per heavy atom. The van der Waals surface area contributed by atoms with Crippen LogP contribution in [0.15, 0.2) is 96.7 Å². The number of benzene rings is 1. The lowest BCUT2D eigenvalue weighted by atomic mass is 9.98. The zero-order valence-corrected chi connectivity index (χ0v) is 27.9. The number of carbonyl (C=O) groups excluding carboxylic acids is 3. The van der Waals surface area contributed by atoms with Crippen molar-refractivity contribution in [2.24, 2.45) is 0 Å². The van der Waals surface area contributed by atoms with Crippen LogP contribution < -0.4 is 0 Å². The third-order valence-electron chi connectivity index (χ3n) is 7.13. The molecule has 0 bridgehead atoms.